The molecule has 0 saturated carbocycles. The molecule has 0 fully saturated rings. The molecule has 1 heterocycles. The third kappa shape index (κ3) is 2.41. The van der Waals surface area contributed by atoms with E-state index in [1.807, 2.05) is 6.07 Å². The molecule has 88 valence electrons. The number of carbonyl (C=O) groups excluding carboxylic acids is 1. The zero-order valence-corrected chi connectivity index (χ0v) is 13.1. The first-order valence-corrected chi connectivity index (χ1v) is 6.81. The zero-order chi connectivity index (χ0) is 12.6. The van der Waals surface area contributed by atoms with E-state index in [0.717, 1.165) is 14.5 Å². The van der Waals surface area contributed by atoms with Gasteiger partial charge in [-0.3, -0.25) is 4.98 Å². The van der Waals surface area contributed by atoms with Gasteiger partial charge >= 0.3 is 5.97 Å². The summed E-state index contributed by atoms with van der Waals surface area (Å²) in [5, 5.41) is 1.40. The Hall–Kier alpha value is -0.400. The third-order valence-corrected chi connectivity index (χ3v) is 4.12. The summed E-state index contributed by atoms with van der Waals surface area (Å²) >= 11 is 11.5. The highest BCUT2D eigenvalue weighted by molar-refractivity contribution is 14.1. The van der Waals surface area contributed by atoms with Crippen LogP contribution in [0.2, 0.25) is 5.02 Å². The zero-order valence-electron chi connectivity index (χ0n) is 8.63. The summed E-state index contributed by atoms with van der Waals surface area (Å²) in [6.45, 7) is 0. The second-order valence-electron chi connectivity index (χ2n) is 3.26. The lowest BCUT2D eigenvalue weighted by Gasteiger charge is -2.07. The molecule has 3 nitrogen and oxygen atoms in total. The van der Waals surface area contributed by atoms with E-state index in [0.29, 0.717) is 15.1 Å². The van der Waals surface area contributed by atoms with Crippen molar-refractivity contribution in [3.05, 3.63) is 37.0 Å². The summed E-state index contributed by atoms with van der Waals surface area (Å²) in [6.07, 6.45) is 1.49. The smallest absolute Gasteiger partial charge is 0.340 e. The Kier molecular flexibility index (Phi) is 3.89. The van der Waals surface area contributed by atoms with Gasteiger partial charge < -0.3 is 4.74 Å². The van der Waals surface area contributed by atoms with E-state index in [1.54, 1.807) is 6.07 Å². The Morgan fingerprint density at radius 1 is 1.53 bits per heavy atom. The summed E-state index contributed by atoms with van der Waals surface area (Å²) in [5.74, 6) is -0.429. The van der Waals surface area contributed by atoms with E-state index < -0.39 is 5.97 Å². The number of benzene rings is 1. The summed E-state index contributed by atoms with van der Waals surface area (Å²) in [6, 6.07) is 3.59. The fourth-order valence-electron chi connectivity index (χ4n) is 1.45. The first kappa shape index (κ1) is 13.0. The second-order valence-corrected chi connectivity index (χ2v) is 5.65. The van der Waals surface area contributed by atoms with E-state index >= 15 is 0 Å². The van der Waals surface area contributed by atoms with Crippen LogP contribution in [0.5, 0.6) is 0 Å². The molecule has 1 aromatic heterocycles. The van der Waals surface area contributed by atoms with Gasteiger partial charge in [0.15, 0.2) is 0 Å². The van der Waals surface area contributed by atoms with Crippen molar-refractivity contribution >= 4 is 67.0 Å². The van der Waals surface area contributed by atoms with Crippen LogP contribution in [0.3, 0.4) is 0 Å². The minimum Gasteiger partial charge on any atom is -0.465 e. The minimum absolute atomic E-state index is 0.387. The molecular formula is C11H6BrClINO2. The summed E-state index contributed by atoms with van der Waals surface area (Å²) in [7, 11) is 1.33. The molecule has 1 aromatic carbocycles. The fraction of sp³-hybridized carbons (Fsp3) is 0.0909. The van der Waals surface area contributed by atoms with Crippen LogP contribution in [-0.2, 0) is 4.74 Å². The Bertz CT molecular complexity index is 618. The van der Waals surface area contributed by atoms with E-state index in [1.165, 1.54) is 13.3 Å². The van der Waals surface area contributed by atoms with Gasteiger partial charge in [0.25, 0.3) is 0 Å². The molecule has 0 bridgehead atoms. The van der Waals surface area contributed by atoms with Crippen LogP contribution in [0, 0.1) is 3.57 Å². The van der Waals surface area contributed by atoms with E-state index in [9.17, 15) is 4.79 Å². The molecule has 0 radical (unpaired) electrons. The van der Waals surface area contributed by atoms with Gasteiger partial charge in [0.05, 0.1) is 18.2 Å². The molecule has 2 rings (SSSR count). The van der Waals surface area contributed by atoms with Crippen molar-refractivity contribution in [2.24, 2.45) is 0 Å². The molecule has 0 aliphatic carbocycles. The molecule has 2 aromatic rings. The quantitative estimate of drug-likeness (QED) is 0.510. The standard InChI is InChI=1S/C11H6BrClINO2/c1-17-11(16)7-4-15-10-6(9(7)12)2-5(13)3-8(10)14/h2-4H,1H3. The predicted molar refractivity (Wildman–Crippen MR) is 78.5 cm³/mol. The van der Waals surface area contributed by atoms with Gasteiger partial charge in [-0.1, -0.05) is 11.6 Å². The summed E-state index contributed by atoms with van der Waals surface area (Å²) in [4.78, 5) is 15.8. The molecule has 0 saturated heterocycles. The lowest BCUT2D eigenvalue weighted by atomic mass is 10.1. The van der Waals surface area contributed by atoms with Gasteiger partial charge in [0.2, 0.25) is 0 Å². The van der Waals surface area contributed by atoms with Crippen LogP contribution < -0.4 is 0 Å². The number of hydrogen-bond donors (Lipinski definition) is 0. The molecule has 0 spiro atoms. The number of nitrogens with zero attached hydrogens (tertiary/aromatic N) is 1. The van der Waals surface area contributed by atoms with E-state index in [2.05, 4.69) is 48.2 Å². The minimum atomic E-state index is -0.429. The van der Waals surface area contributed by atoms with Crippen LogP contribution in [-0.4, -0.2) is 18.1 Å². The Labute approximate surface area is 125 Å². The Balaban J connectivity index is 2.79. The lowest BCUT2D eigenvalue weighted by Crippen LogP contribution is -2.03. The second kappa shape index (κ2) is 5.07. The molecule has 0 atom stereocenters. The highest BCUT2D eigenvalue weighted by atomic mass is 127. The molecule has 0 unspecified atom stereocenters. The molecule has 0 aliphatic heterocycles. The van der Waals surface area contributed by atoms with Crippen molar-refractivity contribution in [2.45, 2.75) is 0 Å². The van der Waals surface area contributed by atoms with Gasteiger partial charge in [-0.05, 0) is 50.7 Å². The number of halogens is 3. The first-order chi connectivity index (χ1) is 8.04. The van der Waals surface area contributed by atoms with Gasteiger partial charge in [-0.2, -0.15) is 0 Å². The fourth-order valence-corrected chi connectivity index (χ4v) is 3.18. The van der Waals surface area contributed by atoms with Crippen molar-refractivity contribution < 1.29 is 9.53 Å². The summed E-state index contributed by atoms with van der Waals surface area (Å²) < 4.78 is 6.26. The number of pyridine rings is 1. The number of fused-ring (bicyclic) bond motifs is 1. The van der Waals surface area contributed by atoms with Gasteiger partial charge in [-0.25, -0.2) is 4.79 Å². The highest BCUT2D eigenvalue weighted by Crippen LogP contribution is 2.31. The van der Waals surface area contributed by atoms with Crippen molar-refractivity contribution in [3.63, 3.8) is 0 Å². The van der Waals surface area contributed by atoms with Crippen LogP contribution in [0.15, 0.2) is 22.8 Å². The largest absolute Gasteiger partial charge is 0.465 e. The molecule has 0 N–H and O–H groups in total. The van der Waals surface area contributed by atoms with Crippen molar-refractivity contribution in [1.82, 2.24) is 4.98 Å². The monoisotopic (exact) mass is 425 g/mol. The number of ether oxygens (including phenoxy) is 1. The van der Waals surface area contributed by atoms with E-state index in [-0.39, 0.29) is 0 Å². The number of hydrogen-bond acceptors (Lipinski definition) is 3. The van der Waals surface area contributed by atoms with Gasteiger partial charge in [0, 0.05) is 24.6 Å². The number of esters is 1. The molecular weight excluding hydrogens is 420 g/mol. The highest BCUT2D eigenvalue weighted by Gasteiger charge is 2.15. The van der Waals surface area contributed by atoms with E-state index in [4.69, 9.17) is 11.6 Å². The SMILES string of the molecule is COC(=O)c1cnc2c(I)cc(Cl)cc2c1Br. The Morgan fingerprint density at radius 2 is 2.24 bits per heavy atom. The number of methoxy groups -OCH3 is 1. The molecule has 17 heavy (non-hydrogen) atoms. The number of aromatic nitrogens is 1. The number of carbonyl (C=O) groups is 1. The topological polar surface area (TPSA) is 39.2 Å². The van der Waals surface area contributed by atoms with Crippen LogP contribution in [0.4, 0.5) is 0 Å². The first-order valence-electron chi connectivity index (χ1n) is 4.56. The number of rotatable bonds is 1. The van der Waals surface area contributed by atoms with Gasteiger partial charge in [-0.15, -0.1) is 0 Å². The average molecular weight is 426 g/mol. The van der Waals surface area contributed by atoms with Crippen LogP contribution in [0.1, 0.15) is 10.4 Å². The van der Waals surface area contributed by atoms with Crippen LogP contribution >= 0.6 is 50.1 Å². The molecule has 6 heteroatoms. The van der Waals surface area contributed by atoms with Crippen molar-refractivity contribution in [2.75, 3.05) is 7.11 Å². The maximum absolute atomic E-state index is 11.5. The molecule has 0 amide bonds. The van der Waals surface area contributed by atoms with Crippen molar-refractivity contribution in [3.8, 4) is 0 Å². The van der Waals surface area contributed by atoms with Crippen molar-refractivity contribution in [1.29, 1.82) is 0 Å². The summed E-state index contributed by atoms with van der Waals surface area (Å²) in [5.41, 5.74) is 1.19. The van der Waals surface area contributed by atoms with Gasteiger partial charge in [0.1, 0.15) is 0 Å². The lowest BCUT2D eigenvalue weighted by molar-refractivity contribution is 0.0599. The maximum Gasteiger partial charge on any atom is 0.340 e. The normalized spacial score (nSPS) is 10.6. The third-order valence-electron chi connectivity index (χ3n) is 2.23. The Morgan fingerprint density at radius 3 is 2.88 bits per heavy atom. The van der Waals surface area contributed by atoms with Crippen LogP contribution in [0.25, 0.3) is 10.9 Å². The molecule has 0 aliphatic rings. The average Bonchev–Trinajstić information content (AvgIpc) is 2.29. The maximum atomic E-state index is 11.5. The predicted octanol–water partition coefficient (Wildman–Crippen LogP) is 4.04.